The van der Waals surface area contributed by atoms with E-state index in [0.717, 1.165) is 23.8 Å². The Kier molecular flexibility index (Phi) is 4.73. The monoisotopic (exact) mass is 248 g/mol. The maximum absolute atomic E-state index is 13.1. The predicted octanol–water partition coefficient (Wildman–Crippen LogP) is 1.91. The molecule has 0 aliphatic carbocycles. The van der Waals surface area contributed by atoms with Crippen LogP contribution in [0.3, 0.4) is 0 Å². The van der Waals surface area contributed by atoms with Gasteiger partial charge in [-0.2, -0.15) is 4.39 Å². The van der Waals surface area contributed by atoms with E-state index in [9.17, 15) is 14.0 Å². The molecule has 0 bridgehead atoms. The lowest BCUT2D eigenvalue weighted by atomic mass is 10.2. The standard InChI is InChI=1S/C10H14ClFN2O2/c1-2-3-4-5-6-14-9(15)7(12)8(11)13-10(14)16/h2-6H2,1H3,(H,13,16). The van der Waals surface area contributed by atoms with Crippen LogP contribution < -0.4 is 11.2 Å². The Balaban J connectivity index is 2.85. The molecule has 0 amide bonds. The summed E-state index contributed by atoms with van der Waals surface area (Å²) in [5, 5.41) is -0.528. The largest absolute Gasteiger partial charge is 0.329 e. The van der Waals surface area contributed by atoms with Crippen LogP contribution in [-0.4, -0.2) is 9.55 Å². The van der Waals surface area contributed by atoms with Gasteiger partial charge in [-0.3, -0.25) is 14.3 Å². The molecule has 0 saturated carbocycles. The van der Waals surface area contributed by atoms with Gasteiger partial charge < -0.3 is 0 Å². The minimum atomic E-state index is -1.10. The molecule has 1 aromatic rings. The summed E-state index contributed by atoms with van der Waals surface area (Å²) in [7, 11) is 0. The average molecular weight is 249 g/mol. The number of rotatable bonds is 5. The normalized spacial score (nSPS) is 10.7. The SMILES string of the molecule is CCCCCCn1c(=O)[nH]c(Cl)c(F)c1=O. The van der Waals surface area contributed by atoms with Crippen molar-refractivity contribution in [3.8, 4) is 0 Å². The molecule has 0 spiro atoms. The minimum absolute atomic E-state index is 0.224. The third-order valence-electron chi connectivity index (χ3n) is 2.32. The molecule has 90 valence electrons. The Morgan fingerprint density at radius 1 is 1.31 bits per heavy atom. The lowest BCUT2D eigenvalue weighted by Crippen LogP contribution is -2.37. The van der Waals surface area contributed by atoms with Gasteiger partial charge >= 0.3 is 5.69 Å². The van der Waals surface area contributed by atoms with Gasteiger partial charge in [0.05, 0.1) is 0 Å². The molecule has 4 nitrogen and oxygen atoms in total. The number of halogens is 2. The first-order valence-electron chi connectivity index (χ1n) is 5.26. The molecule has 0 radical (unpaired) electrons. The summed E-state index contributed by atoms with van der Waals surface area (Å²) in [6.07, 6.45) is 3.67. The van der Waals surface area contributed by atoms with E-state index in [2.05, 4.69) is 11.9 Å². The Labute approximate surface area is 97.1 Å². The second-order valence-electron chi connectivity index (χ2n) is 3.58. The molecule has 0 aliphatic rings. The first-order chi connectivity index (χ1) is 7.57. The molecular weight excluding hydrogens is 235 g/mol. The van der Waals surface area contributed by atoms with Gasteiger partial charge in [0.25, 0.3) is 5.56 Å². The van der Waals surface area contributed by atoms with Crippen molar-refractivity contribution in [3.63, 3.8) is 0 Å². The second kappa shape index (κ2) is 5.84. The summed E-state index contributed by atoms with van der Waals surface area (Å²) in [5.41, 5.74) is -1.61. The Hall–Kier alpha value is -1.10. The van der Waals surface area contributed by atoms with Gasteiger partial charge in [0.2, 0.25) is 5.82 Å². The Morgan fingerprint density at radius 3 is 2.62 bits per heavy atom. The van der Waals surface area contributed by atoms with E-state index in [4.69, 9.17) is 11.6 Å². The maximum Gasteiger partial charge on any atom is 0.329 e. The highest BCUT2D eigenvalue weighted by molar-refractivity contribution is 6.29. The third kappa shape index (κ3) is 2.95. The van der Waals surface area contributed by atoms with E-state index in [1.807, 2.05) is 0 Å². The zero-order valence-corrected chi connectivity index (χ0v) is 9.81. The predicted molar refractivity (Wildman–Crippen MR) is 60.4 cm³/mol. The molecule has 6 heteroatoms. The van der Waals surface area contributed by atoms with E-state index in [0.29, 0.717) is 6.42 Å². The molecule has 0 unspecified atom stereocenters. The van der Waals surface area contributed by atoms with Gasteiger partial charge in [0.15, 0.2) is 5.15 Å². The van der Waals surface area contributed by atoms with Crippen LogP contribution in [0.15, 0.2) is 9.59 Å². The number of hydrogen-bond donors (Lipinski definition) is 1. The van der Waals surface area contributed by atoms with Crippen LogP contribution >= 0.6 is 11.6 Å². The molecule has 0 aromatic carbocycles. The van der Waals surface area contributed by atoms with Crippen molar-refractivity contribution in [2.75, 3.05) is 0 Å². The van der Waals surface area contributed by atoms with Crippen molar-refractivity contribution in [1.29, 1.82) is 0 Å². The van der Waals surface area contributed by atoms with Crippen molar-refractivity contribution in [1.82, 2.24) is 9.55 Å². The third-order valence-corrected chi connectivity index (χ3v) is 2.58. The smallest absolute Gasteiger partial charge is 0.295 e. The second-order valence-corrected chi connectivity index (χ2v) is 3.95. The van der Waals surface area contributed by atoms with Gasteiger partial charge in [-0.15, -0.1) is 0 Å². The summed E-state index contributed by atoms with van der Waals surface area (Å²) in [6, 6.07) is 0. The van der Waals surface area contributed by atoms with Crippen LogP contribution in [0.5, 0.6) is 0 Å². The van der Waals surface area contributed by atoms with E-state index in [-0.39, 0.29) is 6.54 Å². The van der Waals surface area contributed by atoms with Crippen LogP contribution in [0.1, 0.15) is 32.6 Å². The molecule has 0 atom stereocenters. The van der Waals surface area contributed by atoms with Crippen LogP contribution in [0.2, 0.25) is 5.15 Å². The fourth-order valence-electron chi connectivity index (χ4n) is 1.42. The van der Waals surface area contributed by atoms with E-state index >= 15 is 0 Å². The summed E-state index contributed by atoms with van der Waals surface area (Å²) < 4.78 is 14.0. The number of hydrogen-bond acceptors (Lipinski definition) is 2. The number of aromatic nitrogens is 2. The van der Waals surface area contributed by atoms with E-state index in [1.54, 1.807) is 0 Å². The van der Waals surface area contributed by atoms with Gasteiger partial charge in [0, 0.05) is 6.54 Å². The number of H-pyrrole nitrogens is 1. The lowest BCUT2D eigenvalue weighted by Gasteiger charge is -2.04. The Morgan fingerprint density at radius 2 is 2.00 bits per heavy atom. The molecule has 0 aliphatic heterocycles. The van der Waals surface area contributed by atoms with Crippen LogP contribution in [0, 0.1) is 5.82 Å². The topological polar surface area (TPSA) is 54.9 Å². The minimum Gasteiger partial charge on any atom is -0.295 e. The summed E-state index contributed by atoms with van der Waals surface area (Å²) in [4.78, 5) is 24.8. The molecule has 0 saturated heterocycles. The lowest BCUT2D eigenvalue weighted by molar-refractivity contribution is 0.510. The van der Waals surface area contributed by atoms with E-state index < -0.39 is 22.2 Å². The fourth-order valence-corrected chi connectivity index (χ4v) is 1.58. The quantitative estimate of drug-likeness (QED) is 0.639. The first kappa shape index (κ1) is 13.0. The summed E-state index contributed by atoms with van der Waals surface area (Å²) >= 11 is 5.33. The van der Waals surface area contributed by atoms with Crippen LogP contribution in [0.4, 0.5) is 4.39 Å². The molecule has 1 heterocycles. The number of nitrogens with zero attached hydrogens (tertiary/aromatic N) is 1. The molecule has 16 heavy (non-hydrogen) atoms. The summed E-state index contributed by atoms with van der Waals surface area (Å²) in [6.45, 7) is 2.28. The average Bonchev–Trinajstić information content (AvgIpc) is 2.25. The highest BCUT2D eigenvalue weighted by Crippen LogP contribution is 2.03. The number of aromatic amines is 1. The number of nitrogens with one attached hydrogen (secondary N) is 1. The zero-order chi connectivity index (χ0) is 12.1. The fraction of sp³-hybridized carbons (Fsp3) is 0.600. The molecular formula is C10H14ClFN2O2. The van der Waals surface area contributed by atoms with Crippen molar-refractivity contribution < 1.29 is 4.39 Å². The van der Waals surface area contributed by atoms with Gasteiger partial charge in [-0.25, -0.2) is 4.79 Å². The first-order valence-corrected chi connectivity index (χ1v) is 5.63. The van der Waals surface area contributed by atoms with Crippen molar-refractivity contribution in [2.24, 2.45) is 0 Å². The van der Waals surface area contributed by atoms with Gasteiger partial charge in [0.1, 0.15) is 0 Å². The van der Waals surface area contributed by atoms with Crippen molar-refractivity contribution in [2.45, 2.75) is 39.2 Å². The highest BCUT2D eigenvalue weighted by Gasteiger charge is 2.11. The van der Waals surface area contributed by atoms with Crippen LogP contribution in [-0.2, 0) is 6.54 Å². The molecule has 0 fully saturated rings. The summed E-state index contributed by atoms with van der Waals surface area (Å²) in [5.74, 6) is -1.10. The van der Waals surface area contributed by atoms with E-state index in [1.165, 1.54) is 0 Å². The number of unbranched alkanes of at least 4 members (excludes halogenated alkanes) is 3. The zero-order valence-electron chi connectivity index (χ0n) is 9.06. The highest BCUT2D eigenvalue weighted by atomic mass is 35.5. The Bertz CT molecular complexity index is 467. The molecule has 1 N–H and O–H groups in total. The van der Waals surface area contributed by atoms with Gasteiger partial charge in [-0.05, 0) is 6.42 Å². The molecule has 1 rings (SSSR count). The van der Waals surface area contributed by atoms with Crippen LogP contribution in [0.25, 0.3) is 0 Å². The maximum atomic E-state index is 13.1. The molecule has 1 aromatic heterocycles. The van der Waals surface area contributed by atoms with Gasteiger partial charge in [-0.1, -0.05) is 37.8 Å². The van der Waals surface area contributed by atoms with Crippen molar-refractivity contribution in [3.05, 3.63) is 31.8 Å². The van der Waals surface area contributed by atoms with Crippen molar-refractivity contribution >= 4 is 11.6 Å².